The zero-order chi connectivity index (χ0) is 16.9. The zero-order valence-corrected chi connectivity index (χ0v) is 17.0. The highest BCUT2D eigenvalue weighted by molar-refractivity contribution is 14.1. The molecule has 0 spiro atoms. The number of benzene rings is 1. The van der Waals surface area contributed by atoms with Crippen LogP contribution in [0.5, 0.6) is 0 Å². The highest BCUT2D eigenvalue weighted by Gasteiger charge is 2.51. The predicted octanol–water partition coefficient (Wildman–Crippen LogP) is 4.52. The topological polar surface area (TPSA) is 41.1 Å². The van der Waals surface area contributed by atoms with Crippen molar-refractivity contribution in [2.45, 2.75) is 44.1 Å². The molecule has 128 valence electrons. The minimum atomic E-state index is -0.235. The predicted molar refractivity (Wildman–Crippen MR) is 108 cm³/mol. The van der Waals surface area contributed by atoms with Crippen molar-refractivity contribution in [1.29, 1.82) is 0 Å². The summed E-state index contributed by atoms with van der Waals surface area (Å²) in [6.45, 7) is 0. The van der Waals surface area contributed by atoms with Gasteiger partial charge in [0.25, 0.3) is 5.91 Å². The third kappa shape index (κ3) is 3.31. The van der Waals surface area contributed by atoms with Gasteiger partial charge < -0.3 is 5.32 Å². The third-order valence-electron chi connectivity index (χ3n) is 5.82. The van der Waals surface area contributed by atoms with Crippen molar-refractivity contribution in [1.82, 2.24) is 10.6 Å². The molecule has 5 rings (SSSR count). The highest BCUT2D eigenvalue weighted by Crippen LogP contribution is 2.55. The second-order valence-electron chi connectivity index (χ2n) is 7.73. The summed E-state index contributed by atoms with van der Waals surface area (Å²) in [6, 6.07) is 5.41. The number of thiocarbonyl (C=S) groups is 1. The molecule has 1 aromatic rings. The number of nitrogens with one attached hydrogen (secondary N) is 2. The molecule has 1 aromatic carbocycles. The lowest BCUT2D eigenvalue weighted by atomic mass is 9.53. The van der Waals surface area contributed by atoms with E-state index >= 15 is 0 Å². The van der Waals surface area contributed by atoms with Crippen LogP contribution in [0.2, 0.25) is 5.02 Å². The van der Waals surface area contributed by atoms with Crippen LogP contribution in [-0.4, -0.2) is 16.6 Å². The van der Waals surface area contributed by atoms with Crippen LogP contribution >= 0.6 is 46.4 Å². The number of carbonyl (C=O) groups is 1. The summed E-state index contributed by atoms with van der Waals surface area (Å²) in [5.41, 5.74) is 0.576. The maximum absolute atomic E-state index is 12.5. The van der Waals surface area contributed by atoms with Crippen molar-refractivity contribution in [2.75, 3.05) is 0 Å². The maximum Gasteiger partial charge on any atom is 0.258 e. The zero-order valence-electron chi connectivity index (χ0n) is 13.3. The number of halogens is 2. The Bertz CT molecular complexity index is 673. The normalized spacial score (nSPS) is 33.3. The molecule has 0 saturated heterocycles. The molecule has 2 N–H and O–H groups in total. The molecule has 6 heteroatoms. The molecular formula is C18H20ClIN2OS. The molecule has 0 aliphatic heterocycles. The minimum Gasteiger partial charge on any atom is -0.357 e. The monoisotopic (exact) mass is 474 g/mol. The van der Waals surface area contributed by atoms with E-state index in [0.29, 0.717) is 15.7 Å². The van der Waals surface area contributed by atoms with Gasteiger partial charge in [-0.25, -0.2) is 0 Å². The smallest absolute Gasteiger partial charge is 0.258 e. The Morgan fingerprint density at radius 2 is 1.75 bits per heavy atom. The molecule has 4 fully saturated rings. The Balaban J connectivity index is 1.43. The molecule has 4 saturated carbocycles. The lowest BCUT2D eigenvalue weighted by Gasteiger charge is -2.57. The van der Waals surface area contributed by atoms with E-state index in [2.05, 4.69) is 33.2 Å². The second-order valence-corrected chi connectivity index (χ2v) is 9.79. The number of carbonyl (C=O) groups excluding carboxylic acids is 1. The highest BCUT2D eigenvalue weighted by atomic mass is 127. The molecule has 0 unspecified atom stereocenters. The van der Waals surface area contributed by atoms with Gasteiger partial charge >= 0.3 is 0 Å². The van der Waals surface area contributed by atoms with E-state index in [4.69, 9.17) is 23.8 Å². The molecule has 4 aliphatic carbocycles. The summed E-state index contributed by atoms with van der Waals surface area (Å²) in [7, 11) is 0. The van der Waals surface area contributed by atoms with Crippen LogP contribution < -0.4 is 10.6 Å². The fraction of sp³-hybridized carbons (Fsp3) is 0.556. The van der Waals surface area contributed by atoms with Gasteiger partial charge in [-0.1, -0.05) is 11.6 Å². The van der Waals surface area contributed by atoms with Gasteiger partial charge in [0, 0.05) is 9.11 Å². The summed E-state index contributed by atoms with van der Waals surface area (Å²) < 4.78 is 0.974. The van der Waals surface area contributed by atoms with Crippen LogP contribution in [-0.2, 0) is 0 Å². The van der Waals surface area contributed by atoms with Gasteiger partial charge in [0.05, 0.1) is 10.6 Å². The van der Waals surface area contributed by atoms with Crippen LogP contribution in [0.1, 0.15) is 48.9 Å². The van der Waals surface area contributed by atoms with Crippen LogP contribution in [0.4, 0.5) is 0 Å². The molecule has 4 aliphatic rings. The lowest BCUT2D eigenvalue weighted by Crippen LogP contribution is -2.61. The Morgan fingerprint density at radius 3 is 2.33 bits per heavy atom. The first-order valence-electron chi connectivity index (χ1n) is 8.51. The third-order valence-corrected chi connectivity index (χ3v) is 7.02. The van der Waals surface area contributed by atoms with Crippen molar-refractivity contribution in [3.8, 4) is 0 Å². The quantitative estimate of drug-likeness (QED) is 0.489. The number of rotatable bonds is 2. The van der Waals surface area contributed by atoms with Gasteiger partial charge in [-0.15, -0.1) is 0 Å². The Kier molecular flexibility index (Phi) is 4.54. The van der Waals surface area contributed by atoms with E-state index in [1.165, 1.54) is 38.5 Å². The average molecular weight is 475 g/mol. The summed E-state index contributed by atoms with van der Waals surface area (Å²) >= 11 is 13.8. The van der Waals surface area contributed by atoms with Crippen LogP contribution in [0.3, 0.4) is 0 Å². The van der Waals surface area contributed by atoms with Crippen molar-refractivity contribution in [3.05, 3.63) is 32.4 Å². The molecular weight excluding hydrogens is 455 g/mol. The minimum absolute atomic E-state index is 0.105. The molecule has 0 heterocycles. The van der Waals surface area contributed by atoms with Crippen LogP contribution in [0, 0.1) is 21.3 Å². The Labute approximate surface area is 166 Å². The van der Waals surface area contributed by atoms with Crippen LogP contribution in [0.15, 0.2) is 18.2 Å². The SMILES string of the molecule is O=C(NC(=S)NC12CC3CC(CC(C3)C1)C2)c1cc(I)ccc1Cl. The van der Waals surface area contributed by atoms with E-state index in [-0.39, 0.29) is 11.4 Å². The standard InChI is InChI=1S/C18H20ClIN2OS/c19-15-2-1-13(20)6-14(15)16(23)21-17(24)22-18-7-10-3-11(8-18)5-12(4-10)9-18/h1-2,6,10-12H,3-5,7-9H2,(H2,21,22,23,24). The molecule has 3 nitrogen and oxygen atoms in total. The molecule has 0 atom stereocenters. The fourth-order valence-electron chi connectivity index (χ4n) is 5.38. The van der Waals surface area contributed by atoms with Gasteiger partial charge in [-0.2, -0.15) is 0 Å². The Morgan fingerprint density at radius 1 is 1.17 bits per heavy atom. The molecule has 0 aromatic heterocycles. The van der Waals surface area contributed by atoms with Crippen molar-refractivity contribution in [2.24, 2.45) is 17.8 Å². The van der Waals surface area contributed by atoms with E-state index in [0.717, 1.165) is 21.3 Å². The summed E-state index contributed by atoms with van der Waals surface area (Å²) in [4.78, 5) is 12.5. The van der Waals surface area contributed by atoms with Crippen molar-refractivity contribution >= 4 is 57.4 Å². The van der Waals surface area contributed by atoms with Gasteiger partial charge in [0.15, 0.2) is 5.11 Å². The van der Waals surface area contributed by atoms with Gasteiger partial charge in [-0.05, 0) is 109 Å². The molecule has 24 heavy (non-hydrogen) atoms. The van der Waals surface area contributed by atoms with Crippen molar-refractivity contribution in [3.63, 3.8) is 0 Å². The molecule has 4 bridgehead atoms. The average Bonchev–Trinajstić information content (AvgIpc) is 2.47. The second kappa shape index (κ2) is 6.40. The van der Waals surface area contributed by atoms with Gasteiger partial charge in [0.2, 0.25) is 0 Å². The van der Waals surface area contributed by atoms with E-state index in [1.54, 1.807) is 12.1 Å². The molecule has 0 radical (unpaired) electrons. The lowest BCUT2D eigenvalue weighted by molar-refractivity contribution is -0.0101. The van der Waals surface area contributed by atoms with Gasteiger partial charge in [-0.3, -0.25) is 10.1 Å². The van der Waals surface area contributed by atoms with E-state index < -0.39 is 0 Å². The van der Waals surface area contributed by atoms with Crippen molar-refractivity contribution < 1.29 is 4.79 Å². The first-order chi connectivity index (χ1) is 11.4. The first-order valence-corrected chi connectivity index (χ1v) is 10.4. The summed E-state index contributed by atoms with van der Waals surface area (Å²) in [5.74, 6) is 2.29. The summed E-state index contributed by atoms with van der Waals surface area (Å²) in [6.07, 6.45) is 7.74. The first kappa shape index (κ1) is 17.0. The van der Waals surface area contributed by atoms with E-state index in [1.807, 2.05) is 6.07 Å². The number of hydrogen-bond acceptors (Lipinski definition) is 2. The Hall–Kier alpha value is -0.400. The van der Waals surface area contributed by atoms with E-state index in [9.17, 15) is 4.79 Å². The summed E-state index contributed by atoms with van der Waals surface area (Å²) in [5, 5.41) is 7.24. The molecule has 1 amide bonds. The number of hydrogen-bond donors (Lipinski definition) is 2. The van der Waals surface area contributed by atoms with Gasteiger partial charge in [0.1, 0.15) is 0 Å². The maximum atomic E-state index is 12.5. The fourth-order valence-corrected chi connectivity index (χ4v) is 6.38. The van der Waals surface area contributed by atoms with Crippen LogP contribution in [0.25, 0.3) is 0 Å². The number of amides is 1. The largest absolute Gasteiger partial charge is 0.357 e.